The van der Waals surface area contributed by atoms with Crippen molar-refractivity contribution in [1.29, 1.82) is 5.26 Å². The normalized spacial score (nSPS) is 11.7. The van der Waals surface area contributed by atoms with Crippen molar-refractivity contribution in [2.45, 2.75) is 12.8 Å². The van der Waals surface area contributed by atoms with Crippen molar-refractivity contribution in [1.82, 2.24) is 4.98 Å². The first-order valence-electron chi connectivity index (χ1n) is 8.46. The molecule has 0 aliphatic heterocycles. The molecule has 1 aliphatic carbocycles. The first kappa shape index (κ1) is 27.5. The molecule has 0 N–H and O–H groups in total. The van der Waals surface area contributed by atoms with E-state index in [1.54, 1.807) is 6.20 Å². The van der Waals surface area contributed by atoms with Crippen LogP contribution in [0.3, 0.4) is 0 Å². The number of hydrogen-bond donors (Lipinski definition) is 0. The zero-order valence-corrected chi connectivity index (χ0v) is 29.0. The molecule has 0 saturated heterocycles. The average Bonchev–Trinajstić information content (AvgIpc) is 3.50. The van der Waals surface area contributed by atoms with Crippen LogP contribution in [0.1, 0.15) is 18.4 Å². The van der Waals surface area contributed by atoms with Gasteiger partial charge in [-0.15, -0.1) is 0 Å². The summed E-state index contributed by atoms with van der Waals surface area (Å²) in [7, 11) is 0. The van der Waals surface area contributed by atoms with Gasteiger partial charge in [0.15, 0.2) is 0 Å². The largest absolute Gasteiger partial charge is 1.00 e. The van der Waals surface area contributed by atoms with Crippen LogP contribution in [0.5, 0.6) is 5.75 Å². The third-order valence-corrected chi connectivity index (χ3v) is 4.21. The monoisotopic (exact) mass is 626 g/mol. The van der Waals surface area contributed by atoms with Gasteiger partial charge in [0.2, 0.25) is 0 Å². The van der Waals surface area contributed by atoms with E-state index < -0.39 is 6.16 Å². The summed E-state index contributed by atoms with van der Waals surface area (Å²) in [5, 5.41) is 27.9. The van der Waals surface area contributed by atoms with E-state index in [2.05, 4.69) is 23.2 Å². The number of carboxylic acid groups (broad SMARTS) is 2. The fourth-order valence-corrected chi connectivity index (χ4v) is 2.71. The van der Waals surface area contributed by atoms with E-state index in [0.717, 1.165) is 34.3 Å². The number of carbonyl (C=O) groups excluding carboxylic acids is 1. The molecule has 6 nitrogen and oxygen atoms in total. The fourth-order valence-electron chi connectivity index (χ4n) is 2.71. The van der Waals surface area contributed by atoms with Crippen LogP contribution in [0.2, 0.25) is 0 Å². The Morgan fingerprint density at radius 2 is 1.86 bits per heavy atom. The van der Waals surface area contributed by atoms with E-state index >= 15 is 0 Å². The van der Waals surface area contributed by atoms with E-state index in [9.17, 15) is 0 Å². The molecule has 3 aromatic rings. The predicted octanol–water partition coefficient (Wildman–Crippen LogP) is -3.88. The number of hydrogen-bond acceptors (Lipinski definition) is 6. The average molecular weight is 626 g/mol. The van der Waals surface area contributed by atoms with E-state index in [-0.39, 0.29) is 138 Å². The summed E-state index contributed by atoms with van der Waals surface area (Å²) in [5.74, 6) is 1.58. The summed E-state index contributed by atoms with van der Waals surface area (Å²) < 4.78 is 6.06. The molecule has 8 heteroatoms. The van der Waals surface area contributed by atoms with E-state index in [1.165, 1.54) is 12.8 Å². The van der Waals surface area contributed by atoms with Gasteiger partial charge in [-0.1, -0.05) is 12.1 Å². The van der Waals surface area contributed by atoms with Crippen LogP contribution < -0.4 is 153 Å². The number of aromatic nitrogens is 1. The second kappa shape index (κ2) is 13.8. The summed E-state index contributed by atoms with van der Waals surface area (Å²) in [6, 6.07) is 16.0. The molecular weight excluding hydrogens is 610 g/mol. The third-order valence-electron chi connectivity index (χ3n) is 4.21. The Kier molecular flexibility index (Phi) is 13.1. The number of pyridine rings is 1. The van der Waals surface area contributed by atoms with Crippen LogP contribution >= 0.6 is 0 Å². The Morgan fingerprint density at radius 3 is 2.52 bits per heavy atom. The van der Waals surface area contributed by atoms with E-state index in [0.29, 0.717) is 11.5 Å². The van der Waals surface area contributed by atoms with Gasteiger partial charge in [-0.05, 0) is 71.8 Å². The molecule has 0 spiro atoms. The van der Waals surface area contributed by atoms with Crippen molar-refractivity contribution in [3.05, 3.63) is 60.4 Å². The molecule has 1 saturated carbocycles. The van der Waals surface area contributed by atoms with Gasteiger partial charge in [-0.25, -0.2) is 0 Å². The van der Waals surface area contributed by atoms with Gasteiger partial charge >= 0.3 is 138 Å². The molecule has 0 bridgehead atoms. The standard InChI is InChI=1S/C20H16N2O.CH2O3.2Cs/c21-11-15-2-1-3-16(8-15)18-9-17-6-7-22-12-19(17)20(10-18)23-13-14-4-5-14;2-1(3)4;;/h1-3,6-10,12,14H,4-5,13H2;(H2,2,3,4);;/q;;2*+1/p-2. The summed E-state index contributed by atoms with van der Waals surface area (Å²) in [5.41, 5.74) is 2.75. The molecule has 4 rings (SSSR count). The number of ether oxygens (including phenoxy) is 1. The number of fused-ring (bicyclic) bond motifs is 1. The van der Waals surface area contributed by atoms with Gasteiger partial charge in [-0.2, -0.15) is 5.26 Å². The second-order valence-electron chi connectivity index (χ2n) is 6.27. The molecule has 1 heterocycles. The summed E-state index contributed by atoms with van der Waals surface area (Å²) >= 11 is 0. The number of nitrogens with zero attached hydrogens (tertiary/aromatic N) is 2. The molecule has 0 unspecified atom stereocenters. The topological polar surface area (TPSA) is 109 Å². The molecule has 0 radical (unpaired) electrons. The first-order chi connectivity index (χ1) is 13.1. The molecule has 1 aromatic heterocycles. The molecule has 1 fully saturated rings. The Balaban J connectivity index is 0.000000646. The van der Waals surface area contributed by atoms with Gasteiger partial charge in [0.1, 0.15) is 5.75 Å². The summed E-state index contributed by atoms with van der Waals surface area (Å²) in [4.78, 5) is 12.6. The quantitative estimate of drug-likeness (QED) is 0.294. The maximum Gasteiger partial charge on any atom is 1.00 e. The van der Waals surface area contributed by atoms with Crippen LogP contribution in [-0.2, 0) is 0 Å². The smallest absolute Gasteiger partial charge is 0.652 e. The fraction of sp³-hybridized carbons (Fsp3) is 0.190. The number of carbonyl (C=O) groups is 1. The molecular formula is C21H16Cs2N2O4. The van der Waals surface area contributed by atoms with Crippen LogP contribution in [0.25, 0.3) is 21.9 Å². The molecule has 136 valence electrons. The Hall–Kier alpha value is 0.514. The second-order valence-corrected chi connectivity index (χ2v) is 6.27. The minimum atomic E-state index is -2.33. The van der Waals surface area contributed by atoms with Crippen LogP contribution in [0, 0.1) is 17.2 Å². The summed E-state index contributed by atoms with van der Waals surface area (Å²) in [6.07, 6.45) is 3.84. The molecule has 0 atom stereocenters. The molecule has 0 amide bonds. The SMILES string of the molecule is N#Cc1cccc(-c2cc(OCC3CC3)c3cnccc3c2)c1.O=C([O-])[O-].[Cs+].[Cs+]. The Bertz CT molecular complexity index is 1010. The zero-order chi connectivity index (χ0) is 19.2. The maximum atomic E-state index is 9.10. The Labute approximate surface area is 286 Å². The van der Waals surface area contributed by atoms with Gasteiger partial charge in [0.25, 0.3) is 0 Å². The van der Waals surface area contributed by atoms with Gasteiger partial charge in [0, 0.05) is 17.8 Å². The molecule has 29 heavy (non-hydrogen) atoms. The van der Waals surface area contributed by atoms with Crippen molar-refractivity contribution in [3.63, 3.8) is 0 Å². The third kappa shape index (κ3) is 8.88. The van der Waals surface area contributed by atoms with Crippen molar-refractivity contribution >= 4 is 16.9 Å². The van der Waals surface area contributed by atoms with Crippen molar-refractivity contribution < 1.29 is 158 Å². The number of benzene rings is 2. The van der Waals surface area contributed by atoms with Gasteiger partial charge < -0.3 is 19.7 Å². The van der Waals surface area contributed by atoms with E-state index in [1.807, 2.05) is 36.5 Å². The minimum absolute atomic E-state index is 0. The number of rotatable bonds is 4. The van der Waals surface area contributed by atoms with Crippen LogP contribution in [0.4, 0.5) is 4.79 Å². The van der Waals surface area contributed by atoms with Crippen LogP contribution in [-0.4, -0.2) is 17.7 Å². The van der Waals surface area contributed by atoms with Crippen molar-refractivity contribution in [2.24, 2.45) is 5.92 Å². The minimum Gasteiger partial charge on any atom is -0.652 e. The zero-order valence-electron chi connectivity index (χ0n) is 16.4. The maximum absolute atomic E-state index is 9.10. The van der Waals surface area contributed by atoms with Gasteiger partial charge in [-0.3, -0.25) is 4.98 Å². The van der Waals surface area contributed by atoms with Crippen molar-refractivity contribution in [3.8, 4) is 22.9 Å². The molecule has 1 aliphatic rings. The van der Waals surface area contributed by atoms with Crippen molar-refractivity contribution in [2.75, 3.05) is 6.61 Å². The number of nitriles is 1. The molecule has 2 aromatic carbocycles. The van der Waals surface area contributed by atoms with E-state index in [4.69, 9.17) is 25.0 Å². The van der Waals surface area contributed by atoms with Crippen LogP contribution in [0.15, 0.2) is 54.9 Å². The van der Waals surface area contributed by atoms with Gasteiger partial charge in [0.05, 0.1) is 18.2 Å². The predicted molar refractivity (Wildman–Crippen MR) is 95.5 cm³/mol. The summed E-state index contributed by atoms with van der Waals surface area (Å²) in [6.45, 7) is 0.770. The first-order valence-corrected chi connectivity index (χ1v) is 8.46. The Morgan fingerprint density at radius 1 is 1.14 bits per heavy atom.